The van der Waals surface area contributed by atoms with Crippen molar-refractivity contribution in [2.24, 2.45) is 5.92 Å². The van der Waals surface area contributed by atoms with Crippen LogP contribution in [-0.2, 0) is 11.3 Å². The highest BCUT2D eigenvalue weighted by atomic mass is 16.5. The van der Waals surface area contributed by atoms with Crippen LogP contribution in [0.5, 0.6) is 5.75 Å². The van der Waals surface area contributed by atoms with Crippen LogP contribution in [0.25, 0.3) is 0 Å². The molecule has 2 aliphatic heterocycles. The number of carbonyl (C=O) groups excluding carboxylic acids is 1. The molecule has 0 N–H and O–H groups in total. The van der Waals surface area contributed by atoms with Gasteiger partial charge in [0.2, 0.25) is 5.91 Å². The number of benzene rings is 1. The molecule has 1 amide bonds. The molecule has 4 heteroatoms. The van der Waals surface area contributed by atoms with Gasteiger partial charge in [-0.1, -0.05) is 12.1 Å². The van der Waals surface area contributed by atoms with Crippen LogP contribution in [0.4, 0.5) is 0 Å². The number of amides is 1. The van der Waals surface area contributed by atoms with Gasteiger partial charge in [0.05, 0.1) is 7.11 Å². The van der Waals surface area contributed by atoms with Crippen LogP contribution in [-0.4, -0.2) is 48.0 Å². The van der Waals surface area contributed by atoms with Gasteiger partial charge in [0, 0.05) is 38.1 Å². The van der Waals surface area contributed by atoms with Crippen molar-refractivity contribution in [3.8, 4) is 5.75 Å². The average Bonchev–Trinajstić information content (AvgIpc) is 3.38. The molecule has 3 fully saturated rings. The van der Waals surface area contributed by atoms with Gasteiger partial charge in [-0.25, -0.2) is 0 Å². The Hall–Kier alpha value is -1.55. The molecular weight excluding hydrogens is 300 g/mol. The van der Waals surface area contributed by atoms with E-state index in [1.165, 1.54) is 18.4 Å². The Morgan fingerprint density at radius 2 is 2.00 bits per heavy atom. The Morgan fingerprint density at radius 1 is 1.21 bits per heavy atom. The summed E-state index contributed by atoms with van der Waals surface area (Å²) in [5.74, 6) is 2.12. The van der Waals surface area contributed by atoms with Crippen molar-refractivity contribution in [3.63, 3.8) is 0 Å². The van der Waals surface area contributed by atoms with E-state index in [-0.39, 0.29) is 5.54 Å². The van der Waals surface area contributed by atoms with Gasteiger partial charge in [0.15, 0.2) is 0 Å². The molecule has 4 rings (SSSR count). The molecule has 4 nitrogen and oxygen atoms in total. The summed E-state index contributed by atoms with van der Waals surface area (Å²) >= 11 is 0. The SMILES string of the molecule is COc1cccc(CN2CCC3(CCC(=O)N3CC3CC3)CC2)c1. The van der Waals surface area contributed by atoms with Crippen LogP contribution in [0.3, 0.4) is 0 Å². The summed E-state index contributed by atoms with van der Waals surface area (Å²) in [7, 11) is 1.72. The standard InChI is InChI=1S/C20H28N2O2/c1-24-18-4-2-3-17(13-18)14-21-11-9-20(10-12-21)8-7-19(23)22(20)15-16-5-6-16/h2-4,13,16H,5-12,14-15H2,1H3. The number of likely N-dealkylation sites (tertiary alicyclic amines) is 2. The molecule has 1 saturated carbocycles. The lowest BCUT2D eigenvalue weighted by Crippen LogP contribution is -2.53. The molecule has 1 aliphatic carbocycles. The molecule has 0 bridgehead atoms. The first-order valence-electron chi connectivity index (χ1n) is 9.34. The maximum atomic E-state index is 12.4. The number of carbonyl (C=O) groups is 1. The third-order valence-corrected chi connectivity index (χ3v) is 6.14. The molecule has 1 spiro atoms. The normalized spacial score (nSPS) is 23.9. The molecule has 0 aromatic heterocycles. The minimum atomic E-state index is 0.171. The quantitative estimate of drug-likeness (QED) is 0.833. The third kappa shape index (κ3) is 3.16. The molecule has 130 valence electrons. The van der Waals surface area contributed by atoms with E-state index >= 15 is 0 Å². The Kier molecular flexibility index (Phi) is 4.25. The first-order chi connectivity index (χ1) is 11.7. The van der Waals surface area contributed by atoms with E-state index in [0.717, 1.165) is 63.5 Å². The molecule has 2 heterocycles. The number of piperidine rings is 1. The Bertz CT molecular complexity index is 603. The van der Waals surface area contributed by atoms with Crippen LogP contribution in [0.15, 0.2) is 24.3 Å². The highest BCUT2D eigenvalue weighted by molar-refractivity contribution is 5.79. The van der Waals surface area contributed by atoms with E-state index in [4.69, 9.17) is 4.74 Å². The molecule has 1 aromatic rings. The van der Waals surface area contributed by atoms with E-state index in [1.54, 1.807) is 7.11 Å². The first kappa shape index (κ1) is 15.9. The highest BCUT2D eigenvalue weighted by Gasteiger charge is 2.48. The number of hydrogen-bond donors (Lipinski definition) is 0. The van der Waals surface area contributed by atoms with E-state index in [2.05, 4.69) is 28.0 Å². The fourth-order valence-electron chi connectivity index (χ4n) is 4.40. The molecule has 0 unspecified atom stereocenters. The lowest BCUT2D eigenvalue weighted by Gasteiger charge is -2.45. The topological polar surface area (TPSA) is 32.8 Å². The van der Waals surface area contributed by atoms with E-state index in [0.29, 0.717) is 5.91 Å². The number of methoxy groups -OCH3 is 1. The number of hydrogen-bond acceptors (Lipinski definition) is 3. The van der Waals surface area contributed by atoms with Crippen molar-refractivity contribution < 1.29 is 9.53 Å². The molecule has 3 aliphatic rings. The summed E-state index contributed by atoms with van der Waals surface area (Å²) in [6.07, 6.45) is 6.75. The second-order valence-electron chi connectivity index (χ2n) is 7.80. The summed E-state index contributed by atoms with van der Waals surface area (Å²) in [5, 5.41) is 0. The van der Waals surface area contributed by atoms with Gasteiger partial charge in [0.1, 0.15) is 5.75 Å². The summed E-state index contributed by atoms with van der Waals surface area (Å²) in [6.45, 7) is 4.18. The lowest BCUT2D eigenvalue weighted by atomic mass is 9.84. The zero-order valence-corrected chi connectivity index (χ0v) is 14.7. The predicted octanol–water partition coefficient (Wildman–Crippen LogP) is 3.06. The third-order valence-electron chi connectivity index (χ3n) is 6.14. The van der Waals surface area contributed by atoms with Gasteiger partial charge in [-0.05, 0) is 55.7 Å². The number of ether oxygens (including phenoxy) is 1. The van der Waals surface area contributed by atoms with Crippen molar-refractivity contribution in [1.29, 1.82) is 0 Å². The predicted molar refractivity (Wildman–Crippen MR) is 93.9 cm³/mol. The minimum Gasteiger partial charge on any atom is -0.497 e. The molecule has 0 radical (unpaired) electrons. The first-order valence-corrected chi connectivity index (χ1v) is 9.34. The summed E-state index contributed by atoms with van der Waals surface area (Å²) in [5.41, 5.74) is 1.48. The van der Waals surface area contributed by atoms with Gasteiger partial charge in [-0.2, -0.15) is 0 Å². The van der Waals surface area contributed by atoms with Crippen LogP contribution >= 0.6 is 0 Å². The van der Waals surface area contributed by atoms with Crippen LogP contribution in [0, 0.1) is 5.92 Å². The summed E-state index contributed by atoms with van der Waals surface area (Å²) in [6, 6.07) is 8.36. The lowest BCUT2D eigenvalue weighted by molar-refractivity contribution is -0.132. The second-order valence-corrected chi connectivity index (χ2v) is 7.80. The zero-order valence-electron chi connectivity index (χ0n) is 14.7. The summed E-state index contributed by atoms with van der Waals surface area (Å²) < 4.78 is 5.33. The van der Waals surface area contributed by atoms with Crippen molar-refractivity contribution >= 4 is 5.91 Å². The second kappa shape index (κ2) is 6.40. The van der Waals surface area contributed by atoms with Crippen LogP contribution in [0.1, 0.15) is 44.1 Å². The average molecular weight is 328 g/mol. The van der Waals surface area contributed by atoms with Gasteiger partial charge in [-0.15, -0.1) is 0 Å². The van der Waals surface area contributed by atoms with Crippen LogP contribution < -0.4 is 4.74 Å². The van der Waals surface area contributed by atoms with Crippen molar-refractivity contribution in [2.75, 3.05) is 26.7 Å². The van der Waals surface area contributed by atoms with Gasteiger partial charge < -0.3 is 9.64 Å². The van der Waals surface area contributed by atoms with Gasteiger partial charge in [-0.3, -0.25) is 9.69 Å². The van der Waals surface area contributed by atoms with Gasteiger partial charge >= 0.3 is 0 Å². The van der Waals surface area contributed by atoms with Gasteiger partial charge in [0.25, 0.3) is 0 Å². The number of nitrogens with zero attached hydrogens (tertiary/aromatic N) is 2. The van der Waals surface area contributed by atoms with Crippen molar-refractivity contribution in [3.05, 3.63) is 29.8 Å². The molecule has 2 saturated heterocycles. The van der Waals surface area contributed by atoms with Crippen molar-refractivity contribution in [1.82, 2.24) is 9.80 Å². The fraction of sp³-hybridized carbons (Fsp3) is 0.650. The number of rotatable bonds is 5. The largest absolute Gasteiger partial charge is 0.497 e. The minimum absolute atomic E-state index is 0.171. The maximum absolute atomic E-state index is 12.4. The van der Waals surface area contributed by atoms with Crippen molar-refractivity contribution in [2.45, 2.75) is 50.6 Å². The molecule has 1 aromatic carbocycles. The summed E-state index contributed by atoms with van der Waals surface area (Å²) in [4.78, 5) is 17.1. The van der Waals surface area contributed by atoms with Crippen LogP contribution in [0.2, 0.25) is 0 Å². The highest BCUT2D eigenvalue weighted by Crippen LogP contribution is 2.42. The molecule has 24 heavy (non-hydrogen) atoms. The maximum Gasteiger partial charge on any atom is 0.223 e. The van der Waals surface area contributed by atoms with E-state index in [9.17, 15) is 4.79 Å². The zero-order chi connectivity index (χ0) is 16.6. The van der Waals surface area contributed by atoms with E-state index < -0.39 is 0 Å². The monoisotopic (exact) mass is 328 g/mol. The Labute approximate surface area is 144 Å². The molecular formula is C20H28N2O2. The fourth-order valence-corrected chi connectivity index (χ4v) is 4.40. The Balaban J connectivity index is 1.38. The smallest absolute Gasteiger partial charge is 0.223 e. The Morgan fingerprint density at radius 3 is 2.71 bits per heavy atom. The van der Waals surface area contributed by atoms with E-state index in [1.807, 2.05) is 6.07 Å². The molecule has 0 atom stereocenters.